The summed E-state index contributed by atoms with van der Waals surface area (Å²) in [5.41, 5.74) is 0.900. The van der Waals surface area contributed by atoms with Gasteiger partial charge < -0.3 is 14.9 Å². The van der Waals surface area contributed by atoms with Crippen LogP contribution in [0.2, 0.25) is 0 Å². The van der Waals surface area contributed by atoms with Crippen LogP contribution in [0.25, 0.3) is 0 Å². The van der Waals surface area contributed by atoms with Crippen molar-refractivity contribution in [1.29, 1.82) is 0 Å². The minimum absolute atomic E-state index is 0.00375. The second kappa shape index (κ2) is 7.82. The summed E-state index contributed by atoms with van der Waals surface area (Å²) in [7, 11) is 1.86. The molecule has 0 aromatic heterocycles. The first-order valence-corrected chi connectivity index (χ1v) is 14.4. The highest BCUT2D eigenvalue weighted by molar-refractivity contribution is 5.76. The average molecular weight is 487 g/mol. The molecule has 5 aliphatic carbocycles. The third-order valence-corrected chi connectivity index (χ3v) is 13.7. The molecule has 4 heteroatoms. The normalized spacial score (nSPS) is 57.7. The number of carboxylic acid groups (broad SMARTS) is 1. The molecule has 198 valence electrons. The lowest BCUT2D eigenvalue weighted by Gasteiger charge is -2.72. The van der Waals surface area contributed by atoms with Crippen molar-refractivity contribution < 1.29 is 19.7 Å². The summed E-state index contributed by atoms with van der Waals surface area (Å²) >= 11 is 0. The first-order valence-electron chi connectivity index (χ1n) is 14.4. The van der Waals surface area contributed by atoms with Crippen LogP contribution >= 0.6 is 0 Å². The standard InChI is InChI=1S/C31H50O4/c1-18-9-12-27(3)15-16-29(5)20(24(27)19(18)2)17-21(35-8)25-28(4)13-11-23(32)31(7,26(33)34)22(28)10-14-30(25,29)6/h17-19,21-25,32H,9-16H2,1-8H3,(H,33,34)/t18-,19+,21-,22-,23-,24+,25-,27-,28+,29-,30-,31-/m1/s1. The van der Waals surface area contributed by atoms with Crippen LogP contribution in [0.4, 0.5) is 0 Å². The van der Waals surface area contributed by atoms with Gasteiger partial charge >= 0.3 is 5.97 Å². The highest BCUT2D eigenvalue weighted by Crippen LogP contribution is 2.76. The molecule has 0 unspecified atom stereocenters. The molecular weight excluding hydrogens is 436 g/mol. The van der Waals surface area contributed by atoms with Gasteiger partial charge in [0.2, 0.25) is 0 Å². The van der Waals surface area contributed by atoms with E-state index in [1.165, 1.54) is 25.7 Å². The number of rotatable bonds is 2. The topological polar surface area (TPSA) is 66.8 Å². The summed E-state index contributed by atoms with van der Waals surface area (Å²) in [6, 6.07) is 0. The quantitative estimate of drug-likeness (QED) is 0.426. The lowest BCUT2D eigenvalue weighted by atomic mass is 9.33. The van der Waals surface area contributed by atoms with Gasteiger partial charge in [-0.25, -0.2) is 0 Å². The van der Waals surface area contributed by atoms with Gasteiger partial charge in [0.05, 0.1) is 17.6 Å². The summed E-state index contributed by atoms with van der Waals surface area (Å²) in [6.07, 6.45) is 10.2. The Balaban J connectivity index is 1.67. The molecule has 0 aromatic rings. The number of carboxylic acids is 1. The van der Waals surface area contributed by atoms with E-state index in [2.05, 4.69) is 47.6 Å². The van der Waals surface area contributed by atoms with Crippen molar-refractivity contribution >= 4 is 5.97 Å². The van der Waals surface area contributed by atoms with Crippen molar-refractivity contribution in [3.63, 3.8) is 0 Å². The number of aliphatic hydroxyl groups is 1. The zero-order valence-electron chi connectivity index (χ0n) is 23.5. The van der Waals surface area contributed by atoms with Crippen molar-refractivity contribution in [1.82, 2.24) is 0 Å². The van der Waals surface area contributed by atoms with Crippen LogP contribution in [0.5, 0.6) is 0 Å². The van der Waals surface area contributed by atoms with E-state index >= 15 is 0 Å². The van der Waals surface area contributed by atoms with Gasteiger partial charge in [-0.1, -0.05) is 53.2 Å². The predicted octanol–water partition coefficient (Wildman–Crippen LogP) is 6.71. The highest BCUT2D eigenvalue weighted by atomic mass is 16.5. The largest absolute Gasteiger partial charge is 0.481 e. The molecule has 0 aliphatic heterocycles. The van der Waals surface area contributed by atoms with Crippen LogP contribution in [-0.4, -0.2) is 35.5 Å². The molecule has 0 heterocycles. The molecule has 0 radical (unpaired) electrons. The fourth-order valence-corrected chi connectivity index (χ4v) is 11.1. The molecule has 0 spiro atoms. The van der Waals surface area contributed by atoms with Crippen LogP contribution in [0.3, 0.4) is 0 Å². The summed E-state index contributed by atoms with van der Waals surface area (Å²) in [4.78, 5) is 12.6. The minimum Gasteiger partial charge on any atom is -0.481 e. The highest BCUT2D eigenvalue weighted by Gasteiger charge is 2.71. The van der Waals surface area contributed by atoms with Crippen LogP contribution in [-0.2, 0) is 9.53 Å². The monoisotopic (exact) mass is 486 g/mol. The number of ether oxygens (including phenoxy) is 1. The van der Waals surface area contributed by atoms with E-state index in [4.69, 9.17) is 4.74 Å². The van der Waals surface area contributed by atoms with Crippen molar-refractivity contribution in [2.45, 2.75) is 112 Å². The van der Waals surface area contributed by atoms with Gasteiger partial charge in [0, 0.05) is 13.0 Å². The Labute approximate surface area is 213 Å². The van der Waals surface area contributed by atoms with E-state index in [0.717, 1.165) is 25.2 Å². The molecule has 12 atom stereocenters. The van der Waals surface area contributed by atoms with Gasteiger partial charge in [-0.2, -0.15) is 0 Å². The number of fused-ring (bicyclic) bond motifs is 7. The Hall–Kier alpha value is -0.870. The fraction of sp³-hybridized carbons (Fsp3) is 0.903. The van der Waals surface area contributed by atoms with Crippen LogP contribution in [0.15, 0.2) is 11.6 Å². The second-order valence-corrected chi connectivity index (χ2v) is 14.8. The number of hydrogen-bond acceptors (Lipinski definition) is 3. The minimum atomic E-state index is -1.10. The molecule has 4 fully saturated rings. The van der Waals surface area contributed by atoms with Crippen molar-refractivity contribution in [2.75, 3.05) is 7.11 Å². The lowest BCUT2D eigenvalue weighted by molar-refractivity contribution is -0.235. The molecule has 2 N–H and O–H groups in total. The Morgan fingerprint density at radius 3 is 2.29 bits per heavy atom. The molecule has 0 bridgehead atoms. The molecule has 35 heavy (non-hydrogen) atoms. The van der Waals surface area contributed by atoms with Gasteiger partial charge in [-0.15, -0.1) is 0 Å². The van der Waals surface area contributed by atoms with Crippen LogP contribution in [0.1, 0.15) is 99.8 Å². The second-order valence-electron chi connectivity index (χ2n) is 14.8. The van der Waals surface area contributed by atoms with Crippen molar-refractivity contribution in [3.05, 3.63) is 11.6 Å². The molecule has 5 aliphatic rings. The van der Waals surface area contributed by atoms with Gasteiger partial charge in [0.15, 0.2) is 0 Å². The van der Waals surface area contributed by atoms with E-state index in [1.54, 1.807) is 5.57 Å². The molecule has 0 aromatic carbocycles. The maximum atomic E-state index is 12.6. The van der Waals surface area contributed by atoms with E-state index in [1.807, 2.05) is 14.0 Å². The van der Waals surface area contributed by atoms with Gasteiger partial charge in [-0.05, 0) is 104 Å². The van der Waals surface area contributed by atoms with Gasteiger partial charge in [0.1, 0.15) is 0 Å². The maximum Gasteiger partial charge on any atom is 0.312 e. The maximum absolute atomic E-state index is 12.6. The molecular formula is C31H50O4. The zero-order chi connectivity index (χ0) is 25.8. The Kier molecular flexibility index (Phi) is 5.76. The van der Waals surface area contributed by atoms with Crippen molar-refractivity contribution in [2.24, 2.45) is 56.7 Å². The Morgan fingerprint density at radius 1 is 0.971 bits per heavy atom. The van der Waals surface area contributed by atoms with Gasteiger partial charge in [0.25, 0.3) is 0 Å². The predicted molar refractivity (Wildman–Crippen MR) is 139 cm³/mol. The zero-order valence-corrected chi connectivity index (χ0v) is 23.5. The van der Waals surface area contributed by atoms with E-state index in [9.17, 15) is 15.0 Å². The summed E-state index contributed by atoms with van der Waals surface area (Å²) in [5.74, 6) is 1.38. The Morgan fingerprint density at radius 2 is 1.66 bits per heavy atom. The first-order chi connectivity index (χ1) is 16.2. The van der Waals surface area contributed by atoms with Crippen LogP contribution < -0.4 is 0 Å². The fourth-order valence-electron chi connectivity index (χ4n) is 11.1. The first kappa shape index (κ1) is 25.8. The number of aliphatic carboxylic acids is 1. The molecule has 4 nitrogen and oxygen atoms in total. The van der Waals surface area contributed by atoms with Crippen molar-refractivity contribution in [3.8, 4) is 0 Å². The van der Waals surface area contributed by atoms with E-state index < -0.39 is 17.5 Å². The third-order valence-electron chi connectivity index (χ3n) is 13.7. The number of hydrogen-bond donors (Lipinski definition) is 2. The third kappa shape index (κ3) is 3.02. The number of aliphatic hydroxyl groups excluding tert-OH is 1. The molecule has 5 rings (SSSR count). The molecule has 0 saturated heterocycles. The number of carbonyl (C=O) groups is 1. The van der Waals surface area contributed by atoms with E-state index in [-0.39, 0.29) is 34.2 Å². The number of allylic oxidation sites excluding steroid dienone is 1. The average Bonchev–Trinajstić information content (AvgIpc) is 2.79. The Bertz CT molecular complexity index is 927. The van der Waals surface area contributed by atoms with Crippen LogP contribution in [0, 0.1) is 56.7 Å². The SMILES string of the molecule is CO[C@@H]1C=C2[C@@H]3[C@@H](C)[C@H](C)CC[C@]3(C)CC[C@@]2(C)[C@]2(C)CC[C@@H]3[C@](C)(CC[C@@H](O)[C@]3(C)C(=O)O)[C@@H]12. The molecule has 0 amide bonds. The summed E-state index contributed by atoms with van der Waals surface area (Å²) in [5, 5.41) is 21.3. The summed E-state index contributed by atoms with van der Waals surface area (Å²) in [6.45, 7) is 16.7. The smallest absolute Gasteiger partial charge is 0.312 e. The number of methoxy groups -OCH3 is 1. The molecule has 4 saturated carbocycles. The lowest BCUT2D eigenvalue weighted by Crippen LogP contribution is -2.69. The van der Waals surface area contributed by atoms with Gasteiger partial charge in [-0.3, -0.25) is 4.79 Å². The van der Waals surface area contributed by atoms with E-state index in [0.29, 0.717) is 23.7 Å². The summed E-state index contributed by atoms with van der Waals surface area (Å²) < 4.78 is 6.38.